The van der Waals surface area contributed by atoms with Crippen LogP contribution in [0.3, 0.4) is 0 Å². The van der Waals surface area contributed by atoms with Crippen molar-refractivity contribution in [3.8, 4) is 0 Å². The second-order valence-corrected chi connectivity index (χ2v) is 6.86. The van der Waals surface area contributed by atoms with Gasteiger partial charge in [0.25, 0.3) is 0 Å². The lowest BCUT2D eigenvalue weighted by Crippen LogP contribution is -2.44. The number of carbonyl (C=O) groups is 1. The first-order valence-electron chi connectivity index (χ1n) is 7.63. The third-order valence-electron chi connectivity index (χ3n) is 4.07. The summed E-state index contributed by atoms with van der Waals surface area (Å²) < 4.78 is 10.8. The Morgan fingerprint density at radius 1 is 1.25 bits per heavy atom. The van der Waals surface area contributed by atoms with Gasteiger partial charge in [-0.05, 0) is 46.6 Å². The first kappa shape index (κ1) is 15.6. The fourth-order valence-corrected chi connectivity index (χ4v) is 3.21. The predicted molar refractivity (Wildman–Crippen MR) is 77.8 cm³/mol. The summed E-state index contributed by atoms with van der Waals surface area (Å²) in [6, 6.07) is 0.980. The summed E-state index contributed by atoms with van der Waals surface area (Å²) >= 11 is 0. The molecule has 0 radical (unpaired) electrons. The van der Waals surface area contributed by atoms with Crippen LogP contribution in [-0.2, 0) is 9.47 Å². The Bertz CT molecular complexity index is 341. The average molecular weight is 284 g/mol. The van der Waals surface area contributed by atoms with E-state index in [9.17, 15) is 4.79 Å². The molecule has 2 heterocycles. The number of methoxy groups -OCH3 is 1. The van der Waals surface area contributed by atoms with Crippen LogP contribution in [0.4, 0.5) is 4.79 Å². The van der Waals surface area contributed by atoms with Gasteiger partial charge in [-0.1, -0.05) is 0 Å². The molecule has 0 aromatic rings. The van der Waals surface area contributed by atoms with E-state index in [-0.39, 0.29) is 6.09 Å². The molecule has 2 rings (SSSR count). The molecule has 0 spiro atoms. The number of hydrogen-bond donors (Lipinski definition) is 0. The van der Waals surface area contributed by atoms with Crippen molar-refractivity contribution in [2.75, 3.05) is 33.4 Å². The Morgan fingerprint density at radius 2 is 2.00 bits per heavy atom. The van der Waals surface area contributed by atoms with E-state index in [1.807, 2.05) is 25.7 Å². The fraction of sp³-hybridized carbons (Fsp3) is 0.933. The van der Waals surface area contributed by atoms with Crippen molar-refractivity contribution in [1.82, 2.24) is 9.80 Å². The van der Waals surface area contributed by atoms with Crippen LogP contribution in [0.25, 0.3) is 0 Å². The molecule has 20 heavy (non-hydrogen) atoms. The van der Waals surface area contributed by atoms with Gasteiger partial charge in [-0.3, -0.25) is 4.90 Å². The molecule has 5 heteroatoms. The highest BCUT2D eigenvalue weighted by Gasteiger charge is 2.37. The van der Waals surface area contributed by atoms with Crippen LogP contribution >= 0.6 is 0 Å². The van der Waals surface area contributed by atoms with Crippen LogP contribution in [0.2, 0.25) is 0 Å². The standard InChI is InChI=1S/C15H28N2O3/c1-15(2,3)20-14(18)16-9-7-12(10-16)17-8-5-6-13(17)11-19-4/h12-13H,5-11H2,1-4H3/t12-,13+/m1/s1. The Balaban J connectivity index is 1.87. The van der Waals surface area contributed by atoms with Gasteiger partial charge in [0, 0.05) is 32.3 Å². The van der Waals surface area contributed by atoms with E-state index in [1.54, 1.807) is 7.11 Å². The third kappa shape index (κ3) is 3.85. The van der Waals surface area contributed by atoms with Gasteiger partial charge in [-0.15, -0.1) is 0 Å². The van der Waals surface area contributed by atoms with Crippen LogP contribution in [-0.4, -0.2) is 66.9 Å². The van der Waals surface area contributed by atoms with E-state index < -0.39 is 5.60 Å². The third-order valence-corrected chi connectivity index (χ3v) is 4.07. The zero-order chi connectivity index (χ0) is 14.8. The second kappa shape index (κ2) is 6.31. The maximum Gasteiger partial charge on any atom is 0.410 e. The van der Waals surface area contributed by atoms with Gasteiger partial charge < -0.3 is 14.4 Å². The molecule has 0 bridgehead atoms. The van der Waals surface area contributed by atoms with Gasteiger partial charge in [0.15, 0.2) is 0 Å². The Labute approximate surface area is 122 Å². The Morgan fingerprint density at radius 3 is 2.65 bits per heavy atom. The highest BCUT2D eigenvalue weighted by molar-refractivity contribution is 5.68. The molecule has 2 fully saturated rings. The number of carbonyl (C=O) groups excluding carboxylic acids is 1. The minimum atomic E-state index is -0.415. The van der Waals surface area contributed by atoms with Crippen molar-refractivity contribution in [1.29, 1.82) is 0 Å². The van der Waals surface area contributed by atoms with E-state index in [0.29, 0.717) is 12.1 Å². The predicted octanol–water partition coefficient (Wildman–Crippen LogP) is 2.11. The van der Waals surface area contributed by atoms with E-state index in [2.05, 4.69) is 4.90 Å². The molecule has 0 unspecified atom stereocenters. The number of likely N-dealkylation sites (tertiary alicyclic amines) is 2. The van der Waals surface area contributed by atoms with Crippen LogP contribution < -0.4 is 0 Å². The lowest BCUT2D eigenvalue weighted by atomic mass is 10.2. The Kier molecular flexibility index (Phi) is 4.91. The van der Waals surface area contributed by atoms with E-state index in [1.165, 1.54) is 12.8 Å². The maximum absolute atomic E-state index is 12.1. The molecule has 2 atom stereocenters. The zero-order valence-corrected chi connectivity index (χ0v) is 13.2. The van der Waals surface area contributed by atoms with Gasteiger partial charge in [0.1, 0.15) is 5.60 Å². The number of rotatable bonds is 3. The summed E-state index contributed by atoms with van der Waals surface area (Å²) in [7, 11) is 1.76. The summed E-state index contributed by atoms with van der Waals surface area (Å²) in [5, 5.41) is 0. The molecule has 5 nitrogen and oxygen atoms in total. The van der Waals surface area contributed by atoms with Gasteiger partial charge in [0.2, 0.25) is 0 Å². The molecule has 2 saturated heterocycles. The van der Waals surface area contributed by atoms with E-state index >= 15 is 0 Å². The van der Waals surface area contributed by atoms with Crippen LogP contribution in [0, 0.1) is 0 Å². The SMILES string of the molecule is COC[C@@H]1CCCN1[C@@H]1CCN(C(=O)OC(C)(C)C)C1. The fourth-order valence-electron chi connectivity index (χ4n) is 3.21. The summed E-state index contributed by atoms with van der Waals surface area (Å²) in [4.78, 5) is 16.5. The summed E-state index contributed by atoms with van der Waals surface area (Å²) in [6.45, 7) is 9.24. The quantitative estimate of drug-likeness (QED) is 0.796. The molecular formula is C15H28N2O3. The van der Waals surface area contributed by atoms with Crippen LogP contribution in [0.15, 0.2) is 0 Å². The van der Waals surface area contributed by atoms with E-state index in [4.69, 9.17) is 9.47 Å². The lowest BCUT2D eigenvalue weighted by molar-refractivity contribution is 0.0270. The molecule has 116 valence electrons. The number of ether oxygens (including phenoxy) is 2. The minimum absolute atomic E-state index is 0.178. The normalized spacial score (nSPS) is 28.1. The molecule has 0 aromatic heterocycles. The Hall–Kier alpha value is -0.810. The molecule has 0 N–H and O–H groups in total. The van der Waals surface area contributed by atoms with Crippen molar-refractivity contribution in [2.45, 2.75) is 57.7 Å². The average Bonchev–Trinajstić information content (AvgIpc) is 2.94. The van der Waals surface area contributed by atoms with Crippen molar-refractivity contribution >= 4 is 6.09 Å². The largest absolute Gasteiger partial charge is 0.444 e. The first-order chi connectivity index (χ1) is 9.40. The molecule has 2 aliphatic rings. The van der Waals surface area contributed by atoms with Gasteiger partial charge in [-0.25, -0.2) is 4.79 Å². The topological polar surface area (TPSA) is 42.0 Å². The van der Waals surface area contributed by atoms with Crippen molar-refractivity contribution in [3.05, 3.63) is 0 Å². The maximum atomic E-state index is 12.1. The van der Waals surface area contributed by atoms with Gasteiger partial charge in [0.05, 0.1) is 6.61 Å². The molecule has 0 saturated carbocycles. The smallest absolute Gasteiger partial charge is 0.410 e. The van der Waals surface area contributed by atoms with Crippen molar-refractivity contribution in [3.63, 3.8) is 0 Å². The molecule has 0 aromatic carbocycles. The minimum Gasteiger partial charge on any atom is -0.444 e. The zero-order valence-electron chi connectivity index (χ0n) is 13.2. The van der Waals surface area contributed by atoms with Gasteiger partial charge >= 0.3 is 6.09 Å². The molecule has 2 aliphatic heterocycles. The number of nitrogens with zero attached hydrogens (tertiary/aromatic N) is 2. The van der Waals surface area contributed by atoms with Crippen LogP contribution in [0.1, 0.15) is 40.0 Å². The first-order valence-corrected chi connectivity index (χ1v) is 7.63. The monoisotopic (exact) mass is 284 g/mol. The second-order valence-electron chi connectivity index (χ2n) is 6.86. The lowest BCUT2D eigenvalue weighted by Gasteiger charge is -2.30. The highest BCUT2D eigenvalue weighted by atomic mass is 16.6. The van der Waals surface area contributed by atoms with Crippen molar-refractivity contribution < 1.29 is 14.3 Å². The summed E-state index contributed by atoms with van der Waals surface area (Å²) in [5.41, 5.74) is -0.415. The summed E-state index contributed by atoms with van der Waals surface area (Å²) in [5.74, 6) is 0. The highest BCUT2D eigenvalue weighted by Crippen LogP contribution is 2.26. The molecule has 0 aliphatic carbocycles. The van der Waals surface area contributed by atoms with Crippen LogP contribution in [0.5, 0.6) is 0 Å². The molecular weight excluding hydrogens is 256 g/mol. The van der Waals surface area contributed by atoms with E-state index in [0.717, 1.165) is 32.7 Å². The number of hydrogen-bond acceptors (Lipinski definition) is 4. The summed E-state index contributed by atoms with van der Waals surface area (Å²) in [6.07, 6.45) is 3.30. The van der Waals surface area contributed by atoms with Crippen molar-refractivity contribution in [2.24, 2.45) is 0 Å². The van der Waals surface area contributed by atoms with Gasteiger partial charge in [-0.2, -0.15) is 0 Å². The molecule has 1 amide bonds. The number of amides is 1.